The molecule has 1 aromatic rings. The fraction of sp³-hybridized carbons (Fsp3) is 0.429. The lowest BCUT2D eigenvalue weighted by molar-refractivity contribution is -0.134. The molecule has 1 rings (SSSR count). The van der Waals surface area contributed by atoms with Crippen LogP contribution in [0.25, 0.3) is 0 Å². The zero-order chi connectivity index (χ0) is 18.5. The van der Waals surface area contributed by atoms with E-state index in [4.69, 9.17) is 4.43 Å². The summed E-state index contributed by atoms with van der Waals surface area (Å²) in [5.41, 5.74) is -1.12. The minimum atomic E-state index is -2.24. The maximum absolute atomic E-state index is 13.3. The summed E-state index contributed by atoms with van der Waals surface area (Å²) in [5.74, 6) is -10.7. The van der Waals surface area contributed by atoms with Gasteiger partial charge in [-0.3, -0.25) is 4.79 Å². The molecule has 0 saturated carbocycles. The molecule has 0 N–H and O–H groups in total. The third-order valence-corrected chi connectivity index (χ3v) is 3.40. The third kappa shape index (κ3) is 5.59. The summed E-state index contributed by atoms with van der Waals surface area (Å²) in [7, 11) is -1.98. The second-order valence-corrected chi connectivity index (χ2v) is 10.2. The summed E-state index contributed by atoms with van der Waals surface area (Å²) in [6.07, 6.45) is 1.30. The van der Waals surface area contributed by atoms with E-state index in [-0.39, 0.29) is 12.8 Å². The summed E-state index contributed by atoms with van der Waals surface area (Å²) < 4.78 is 70.6. The monoisotopic (exact) mass is 369 g/mol. The van der Waals surface area contributed by atoms with Gasteiger partial charge in [0.05, 0.1) is 5.56 Å². The molecule has 0 saturated heterocycles. The number of rotatable bonds is 7. The van der Waals surface area contributed by atoms with E-state index in [0.29, 0.717) is 0 Å². The molecule has 134 valence electrons. The van der Waals surface area contributed by atoms with Gasteiger partial charge in [-0.2, -0.15) is 0 Å². The van der Waals surface area contributed by atoms with Crippen LogP contribution >= 0.6 is 0 Å². The molecule has 0 atom stereocenters. The van der Waals surface area contributed by atoms with E-state index in [1.807, 2.05) is 19.6 Å². The molecule has 0 unspecified atom stereocenters. The van der Waals surface area contributed by atoms with Crippen LogP contribution in [0.1, 0.15) is 18.4 Å². The van der Waals surface area contributed by atoms with Crippen LogP contribution in [0.3, 0.4) is 0 Å². The summed E-state index contributed by atoms with van der Waals surface area (Å²) in [5, 5.41) is 3.31. The smallest absolute Gasteiger partial charge is 0.292 e. The molecular formula is C14H16F5NO3Si. The van der Waals surface area contributed by atoms with Gasteiger partial charge >= 0.3 is 0 Å². The lowest BCUT2D eigenvalue weighted by Gasteiger charge is -2.16. The average molecular weight is 369 g/mol. The molecule has 0 aromatic heterocycles. The first-order chi connectivity index (χ1) is 11.0. The molecule has 0 amide bonds. The molecule has 0 spiro atoms. The van der Waals surface area contributed by atoms with Gasteiger partial charge in [0.15, 0.2) is 23.3 Å². The lowest BCUT2D eigenvalue weighted by atomic mass is 10.2. The maximum Gasteiger partial charge on any atom is 0.292 e. The van der Waals surface area contributed by atoms with Crippen molar-refractivity contribution in [1.82, 2.24) is 0 Å². The predicted molar refractivity (Wildman–Crippen MR) is 78.2 cm³/mol. The van der Waals surface area contributed by atoms with Gasteiger partial charge in [0.25, 0.3) is 5.97 Å². The van der Waals surface area contributed by atoms with Crippen LogP contribution in [0.4, 0.5) is 22.0 Å². The number of carbonyl (C=O) groups excluding carboxylic acids is 1. The molecular weight excluding hydrogens is 353 g/mol. The van der Waals surface area contributed by atoms with Crippen molar-refractivity contribution in [3.63, 3.8) is 0 Å². The van der Waals surface area contributed by atoms with E-state index in [1.54, 1.807) is 0 Å². The Kier molecular flexibility index (Phi) is 6.88. The van der Waals surface area contributed by atoms with Crippen molar-refractivity contribution in [2.45, 2.75) is 39.1 Å². The van der Waals surface area contributed by atoms with E-state index in [0.717, 1.165) is 6.21 Å². The molecule has 10 heteroatoms. The summed E-state index contributed by atoms with van der Waals surface area (Å²) >= 11 is 0. The van der Waals surface area contributed by atoms with Crippen molar-refractivity contribution >= 4 is 20.5 Å². The summed E-state index contributed by atoms with van der Waals surface area (Å²) in [6.45, 7) is 4.58. The van der Waals surface area contributed by atoms with Crippen LogP contribution in [-0.4, -0.2) is 20.5 Å². The Morgan fingerprint density at radius 3 is 2.00 bits per heavy atom. The SMILES string of the molecule is C[Si](C)(C)OC(=O)CCC=NOCc1c(F)c(F)c(F)c(F)c1F. The predicted octanol–water partition coefficient (Wildman–Crippen LogP) is 4.04. The van der Waals surface area contributed by atoms with Gasteiger partial charge in [-0.1, -0.05) is 5.16 Å². The average Bonchev–Trinajstić information content (AvgIpc) is 2.47. The van der Waals surface area contributed by atoms with Crippen molar-refractivity contribution < 1.29 is 36.0 Å². The number of carbonyl (C=O) groups is 1. The summed E-state index contributed by atoms with van der Waals surface area (Å²) in [6, 6.07) is 0. The van der Waals surface area contributed by atoms with Crippen molar-refractivity contribution in [3.05, 3.63) is 34.6 Å². The summed E-state index contributed by atoms with van der Waals surface area (Å²) in [4.78, 5) is 15.9. The molecule has 0 aliphatic rings. The van der Waals surface area contributed by atoms with Crippen molar-refractivity contribution in [3.8, 4) is 0 Å². The maximum atomic E-state index is 13.3. The fourth-order valence-corrected chi connectivity index (χ4v) is 2.34. The second kappa shape index (κ2) is 8.22. The van der Waals surface area contributed by atoms with Crippen LogP contribution in [0.15, 0.2) is 5.16 Å². The van der Waals surface area contributed by atoms with Gasteiger partial charge in [0, 0.05) is 12.6 Å². The Morgan fingerprint density at radius 1 is 1.00 bits per heavy atom. The molecule has 24 heavy (non-hydrogen) atoms. The van der Waals surface area contributed by atoms with Gasteiger partial charge in [0.2, 0.25) is 14.1 Å². The number of halogens is 5. The van der Waals surface area contributed by atoms with Gasteiger partial charge in [-0.05, 0) is 26.1 Å². The van der Waals surface area contributed by atoms with Gasteiger partial charge < -0.3 is 9.26 Å². The molecule has 0 radical (unpaired) electrons. The van der Waals surface area contributed by atoms with Crippen molar-refractivity contribution in [1.29, 1.82) is 0 Å². The molecule has 0 aliphatic heterocycles. The van der Waals surface area contributed by atoms with Crippen molar-refractivity contribution in [2.24, 2.45) is 5.16 Å². The molecule has 0 bridgehead atoms. The molecule has 0 aliphatic carbocycles. The van der Waals surface area contributed by atoms with E-state index >= 15 is 0 Å². The number of nitrogens with zero attached hydrogens (tertiary/aromatic N) is 1. The first kappa shape index (κ1) is 20.1. The van der Waals surface area contributed by atoms with E-state index in [2.05, 4.69) is 9.99 Å². The fourth-order valence-electron chi connectivity index (χ4n) is 1.56. The Bertz CT molecular complexity index is 617. The Labute approximate surface area is 136 Å². The highest BCUT2D eigenvalue weighted by atomic mass is 28.4. The molecule has 4 nitrogen and oxygen atoms in total. The van der Waals surface area contributed by atoms with E-state index < -0.39 is 55.5 Å². The van der Waals surface area contributed by atoms with Crippen LogP contribution in [-0.2, 0) is 20.7 Å². The highest BCUT2D eigenvalue weighted by Gasteiger charge is 2.25. The van der Waals surface area contributed by atoms with E-state index in [9.17, 15) is 26.7 Å². The lowest BCUT2D eigenvalue weighted by Crippen LogP contribution is -2.29. The first-order valence-electron chi connectivity index (χ1n) is 6.90. The standard InChI is InChI=1S/C14H16F5NO3Si/c1-24(2,3)23-9(21)5-4-6-20-22-7-8-10(15)12(17)14(19)13(18)11(8)16/h6H,4-5,7H2,1-3H3. The highest BCUT2D eigenvalue weighted by molar-refractivity contribution is 6.71. The van der Waals surface area contributed by atoms with Gasteiger partial charge in [-0.25, -0.2) is 22.0 Å². The number of hydrogen-bond donors (Lipinski definition) is 0. The van der Waals surface area contributed by atoms with Crippen LogP contribution in [0.2, 0.25) is 19.6 Å². The zero-order valence-corrected chi connectivity index (χ0v) is 14.3. The Morgan fingerprint density at radius 2 is 1.50 bits per heavy atom. The van der Waals surface area contributed by atoms with E-state index in [1.165, 1.54) is 0 Å². The molecule has 0 heterocycles. The molecule has 0 fully saturated rings. The Balaban J connectivity index is 2.53. The normalized spacial score (nSPS) is 11.8. The zero-order valence-electron chi connectivity index (χ0n) is 13.3. The molecule has 1 aromatic carbocycles. The number of oxime groups is 1. The largest absolute Gasteiger partial charge is 0.520 e. The second-order valence-electron chi connectivity index (χ2n) is 5.74. The third-order valence-electron chi connectivity index (χ3n) is 2.56. The van der Waals surface area contributed by atoms with Crippen molar-refractivity contribution in [2.75, 3.05) is 0 Å². The number of hydrogen-bond acceptors (Lipinski definition) is 4. The van der Waals surface area contributed by atoms with Crippen LogP contribution in [0, 0.1) is 29.1 Å². The Hall–Kier alpha value is -1.97. The quantitative estimate of drug-likeness (QED) is 0.182. The minimum absolute atomic E-state index is 0.0274. The van der Waals surface area contributed by atoms with Gasteiger partial charge in [0.1, 0.15) is 6.61 Å². The topological polar surface area (TPSA) is 47.9 Å². The van der Waals surface area contributed by atoms with Gasteiger partial charge in [-0.15, -0.1) is 0 Å². The first-order valence-corrected chi connectivity index (χ1v) is 10.3. The van der Waals surface area contributed by atoms with Crippen LogP contribution in [0.5, 0.6) is 0 Å². The minimum Gasteiger partial charge on any atom is -0.520 e. The highest BCUT2D eigenvalue weighted by Crippen LogP contribution is 2.23. The number of benzene rings is 1. The van der Waals surface area contributed by atoms with Crippen LogP contribution < -0.4 is 0 Å².